The molecular weight excluding hydrogens is 416 g/mol. The first kappa shape index (κ1) is 25.9. The molecule has 12 atom stereocenters. The van der Waals surface area contributed by atoms with E-state index < -0.39 is 11.2 Å². The van der Waals surface area contributed by atoms with Gasteiger partial charge >= 0.3 is 0 Å². The molecule has 0 aromatic carbocycles. The van der Waals surface area contributed by atoms with E-state index in [1.54, 1.807) is 20.8 Å². The SMILES string of the molecule is CC(CCC(C)(O)C(C)(C)O)C1CCC2C3C(O)CC4CC(O)CCC4(C)C3CC(O)C12C. The molecule has 12 unspecified atom stereocenters. The van der Waals surface area contributed by atoms with Crippen molar-refractivity contribution in [2.24, 2.45) is 46.3 Å². The first-order chi connectivity index (χ1) is 15.1. The van der Waals surface area contributed by atoms with E-state index in [0.717, 1.165) is 51.4 Å². The Morgan fingerprint density at radius 1 is 0.909 bits per heavy atom. The van der Waals surface area contributed by atoms with Crippen LogP contribution in [-0.2, 0) is 0 Å². The zero-order valence-electron chi connectivity index (χ0n) is 21.8. The molecule has 5 heteroatoms. The van der Waals surface area contributed by atoms with Crippen LogP contribution in [0.1, 0.15) is 99.3 Å². The van der Waals surface area contributed by atoms with Gasteiger partial charge in [0.15, 0.2) is 0 Å². The Labute approximate surface area is 201 Å². The molecule has 0 spiro atoms. The molecule has 0 amide bonds. The van der Waals surface area contributed by atoms with E-state index in [1.165, 1.54) is 0 Å². The predicted molar refractivity (Wildman–Crippen MR) is 129 cm³/mol. The van der Waals surface area contributed by atoms with E-state index in [9.17, 15) is 25.5 Å². The Kier molecular flexibility index (Phi) is 6.62. The highest BCUT2D eigenvalue weighted by molar-refractivity contribution is 5.14. The van der Waals surface area contributed by atoms with E-state index >= 15 is 0 Å². The van der Waals surface area contributed by atoms with Gasteiger partial charge in [0.25, 0.3) is 0 Å². The third kappa shape index (κ3) is 4.02. The standard InChI is InChI=1S/C28H50O5/c1-16(9-12-27(5,33)25(2,3)32)19-7-8-20-24-21(15-23(31)28(19,20)6)26(4)11-10-18(29)13-17(26)14-22(24)30/h16-24,29-33H,7-15H2,1-6H3. The molecule has 5 nitrogen and oxygen atoms in total. The van der Waals surface area contributed by atoms with Crippen LogP contribution in [-0.4, -0.2) is 55.0 Å². The molecule has 0 aromatic rings. The van der Waals surface area contributed by atoms with Crippen LogP contribution in [0, 0.1) is 46.3 Å². The fourth-order valence-corrected chi connectivity index (χ4v) is 9.15. The summed E-state index contributed by atoms with van der Waals surface area (Å²) in [6.45, 7) is 11.9. The number of aliphatic hydroxyl groups is 5. The van der Waals surface area contributed by atoms with Gasteiger partial charge in [-0.25, -0.2) is 0 Å². The molecule has 5 N–H and O–H groups in total. The highest BCUT2D eigenvalue weighted by Gasteiger charge is 2.65. The van der Waals surface area contributed by atoms with Crippen molar-refractivity contribution in [3.63, 3.8) is 0 Å². The monoisotopic (exact) mass is 466 g/mol. The third-order valence-corrected chi connectivity index (χ3v) is 11.9. The van der Waals surface area contributed by atoms with E-state index in [-0.39, 0.29) is 35.1 Å². The Morgan fingerprint density at radius 3 is 2.21 bits per heavy atom. The van der Waals surface area contributed by atoms with Gasteiger partial charge in [0.1, 0.15) is 0 Å². The summed E-state index contributed by atoms with van der Waals surface area (Å²) in [5, 5.41) is 54.5. The third-order valence-electron chi connectivity index (χ3n) is 11.9. The van der Waals surface area contributed by atoms with Gasteiger partial charge in [0.2, 0.25) is 0 Å². The topological polar surface area (TPSA) is 101 Å². The van der Waals surface area contributed by atoms with Gasteiger partial charge in [-0.2, -0.15) is 0 Å². The predicted octanol–water partition coefficient (Wildman–Crippen LogP) is 3.89. The number of rotatable bonds is 5. The minimum absolute atomic E-state index is 0.0978. The second-order valence-electron chi connectivity index (χ2n) is 13.9. The van der Waals surface area contributed by atoms with Gasteiger partial charge < -0.3 is 25.5 Å². The Hall–Kier alpha value is -0.200. The average Bonchev–Trinajstić information content (AvgIpc) is 3.06. The quantitative estimate of drug-likeness (QED) is 0.423. The van der Waals surface area contributed by atoms with Crippen LogP contribution < -0.4 is 0 Å². The van der Waals surface area contributed by atoms with Crippen LogP contribution >= 0.6 is 0 Å². The smallest absolute Gasteiger partial charge is 0.0900 e. The van der Waals surface area contributed by atoms with E-state index in [0.29, 0.717) is 36.0 Å². The zero-order valence-corrected chi connectivity index (χ0v) is 21.8. The summed E-state index contributed by atoms with van der Waals surface area (Å²) in [6.07, 6.45) is 6.62. The summed E-state index contributed by atoms with van der Waals surface area (Å²) >= 11 is 0. The van der Waals surface area contributed by atoms with Crippen LogP contribution in [0.2, 0.25) is 0 Å². The molecule has 192 valence electrons. The summed E-state index contributed by atoms with van der Waals surface area (Å²) in [6, 6.07) is 0. The molecule has 4 saturated carbocycles. The number of fused-ring (bicyclic) bond motifs is 5. The first-order valence-electron chi connectivity index (χ1n) is 13.6. The highest BCUT2D eigenvalue weighted by Crippen LogP contribution is 2.68. The first-order valence-corrected chi connectivity index (χ1v) is 13.6. The lowest BCUT2D eigenvalue weighted by Crippen LogP contribution is -2.62. The van der Waals surface area contributed by atoms with Crippen molar-refractivity contribution >= 4 is 0 Å². The van der Waals surface area contributed by atoms with Crippen LogP contribution in [0.5, 0.6) is 0 Å². The van der Waals surface area contributed by atoms with Crippen molar-refractivity contribution in [3.8, 4) is 0 Å². The van der Waals surface area contributed by atoms with Gasteiger partial charge in [-0.1, -0.05) is 20.8 Å². The van der Waals surface area contributed by atoms with Crippen molar-refractivity contribution in [2.75, 3.05) is 0 Å². The summed E-state index contributed by atoms with van der Waals surface area (Å²) in [7, 11) is 0. The molecule has 0 bridgehead atoms. The van der Waals surface area contributed by atoms with Crippen LogP contribution in [0.3, 0.4) is 0 Å². The Morgan fingerprint density at radius 2 is 1.58 bits per heavy atom. The fraction of sp³-hybridized carbons (Fsp3) is 1.00. The maximum absolute atomic E-state index is 11.7. The molecule has 0 aromatic heterocycles. The van der Waals surface area contributed by atoms with Gasteiger partial charge in [-0.05, 0) is 125 Å². The van der Waals surface area contributed by atoms with Gasteiger partial charge in [0.05, 0.1) is 29.5 Å². The molecule has 33 heavy (non-hydrogen) atoms. The van der Waals surface area contributed by atoms with E-state index in [2.05, 4.69) is 20.8 Å². The summed E-state index contributed by atoms with van der Waals surface area (Å²) < 4.78 is 0. The van der Waals surface area contributed by atoms with Crippen molar-refractivity contribution in [1.29, 1.82) is 0 Å². The van der Waals surface area contributed by atoms with Gasteiger partial charge in [0, 0.05) is 0 Å². The molecule has 0 heterocycles. The minimum atomic E-state index is -1.15. The summed E-state index contributed by atoms with van der Waals surface area (Å²) in [5.74, 6) is 1.88. The lowest BCUT2D eigenvalue weighted by Gasteiger charge is -2.63. The molecule has 4 aliphatic carbocycles. The van der Waals surface area contributed by atoms with Crippen molar-refractivity contribution in [2.45, 2.75) is 129 Å². The number of aliphatic hydroxyl groups excluding tert-OH is 3. The van der Waals surface area contributed by atoms with Crippen molar-refractivity contribution < 1.29 is 25.5 Å². The maximum Gasteiger partial charge on any atom is 0.0900 e. The second-order valence-corrected chi connectivity index (χ2v) is 13.9. The normalized spacial score (nSPS) is 50.6. The van der Waals surface area contributed by atoms with Crippen molar-refractivity contribution in [1.82, 2.24) is 0 Å². The molecule has 4 rings (SSSR count). The van der Waals surface area contributed by atoms with Crippen molar-refractivity contribution in [3.05, 3.63) is 0 Å². The van der Waals surface area contributed by atoms with Gasteiger partial charge in [-0.15, -0.1) is 0 Å². The number of hydrogen-bond donors (Lipinski definition) is 5. The molecule has 4 aliphatic rings. The highest BCUT2D eigenvalue weighted by atomic mass is 16.4. The Bertz CT molecular complexity index is 716. The molecule has 0 aliphatic heterocycles. The number of hydrogen-bond acceptors (Lipinski definition) is 5. The minimum Gasteiger partial charge on any atom is -0.393 e. The van der Waals surface area contributed by atoms with E-state index in [1.807, 2.05) is 0 Å². The summed E-state index contributed by atoms with van der Waals surface area (Å²) in [4.78, 5) is 0. The average molecular weight is 467 g/mol. The molecular formula is C28H50O5. The summed E-state index contributed by atoms with van der Waals surface area (Å²) in [5.41, 5.74) is -2.43. The fourth-order valence-electron chi connectivity index (χ4n) is 9.15. The molecule has 0 saturated heterocycles. The lowest BCUT2D eigenvalue weighted by atomic mass is 9.43. The molecule has 4 fully saturated rings. The van der Waals surface area contributed by atoms with Crippen LogP contribution in [0.4, 0.5) is 0 Å². The lowest BCUT2D eigenvalue weighted by molar-refractivity contribution is -0.207. The van der Waals surface area contributed by atoms with Crippen LogP contribution in [0.15, 0.2) is 0 Å². The molecule has 0 radical (unpaired) electrons. The maximum atomic E-state index is 11.7. The zero-order chi connectivity index (χ0) is 24.6. The van der Waals surface area contributed by atoms with E-state index in [4.69, 9.17) is 0 Å². The van der Waals surface area contributed by atoms with Gasteiger partial charge in [-0.3, -0.25) is 0 Å². The Balaban J connectivity index is 1.55. The van der Waals surface area contributed by atoms with Crippen LogP contribution in [0.25, 0.3) is 0 Å². The largest absolute Gasteiger partial charge is 0.393 e. The second kappa shape index (κ2) is 8.44.